The number of hydrogen-bond donors (Lipinski definition) is 2. The molecule has 0 atom stereocenters. The maximum Gasteiger partial charge on any atom is 0.267 e. The second-order valence-electron chi connectivity index (χ2n) is 6.81. The van der Waals surface area contributed by atoms with Crippen molar-refractivity contribution in [2.24, 2.45) is 0 Å². The van der Waals surface area contributed by atoms with Crippen molar-refractivity contribution in [3.8, 4) is 22.1 Å². The van der Waals surface area contributed by atoms with E-state index in [-0.39, 0.29) is 25.5 Å². The van der Waals surface area contributed by atoms with Crippen molar-refractivity contribution >= 4 is 34.5 Å². The molecule has 0 radical (unpaired) electrons. The van der Waals surface area contributed by atoms with Gasteiger partial charge in [-0.05, 0) is 24.3 Å². The summed E-state index contributed by atoms with van der Waals surface area (Å²) in [5.41, 5.74) is 1.90. The number of benzene rings is 2. The van der Waals surface area contributed by atoms with E-state index in [9.17, 15) is 9.90 Å². The van der Waals surface area contributed by atoms with Crippen LogP contribution in [-0.2, 0) is 15.9 Å². The Bertz CT molecular complexity index is 1070. The number of hydrogen-bond acceptors (Lipinski definition) is 8. The maximum atomic E-state index is 13.0. The summed E-state index contributed by atoms with van der Waals surface area (Å²) >= 11 is 7.22. The van der Waals surface area contributed by atoms with Crippen LogP contribution in [0.2, 0.25) is 5.02 Å². The van der Waals surface area contributed by atoms with E-state index in [1.165, 1.54) is 32.7 Å². The number of ether oxygens (including phenoxy) is 4. The van der Waals surface area contributed by atoms with Crippen LogP contribution in [0.4, 0.5) is 5.69 Å². The third kappa shape index (κ3) is 6.43. The summed E-state index contributed by atoms with van der Waals surface area (Å²) in [6.07, 6.45) is -0.247. The second-order valence-corrected chi connectivity index (χ2v) is 8.24. The molecule has 8 nitrogen and oxygen atoms in total. The van der Waals surface area contributed by atoms with Gasteiger partial charge in [-0.2, -0.15) is 0 Å². The van der Waals surface area contributed by atoms with Gasteiger partial charge in [0.2, 0.25) is 0 Å². The Morgan fingerprint density at radius 3 is 2.48 bits per heavy atom. The van der Waals surface area contributed by atoms with Crippen molar-refractivity contribution in [3.05, 3.63) is 58.1 Å². The van der Waals surface area contributed by atoms with Gasteiger partial charge in [-0.1, -0.05) is 23.7 Å². The minimum absolute atomic E-state index is 0.117. The highest BCUT2D eigenvalue weighted by molar-refractivity contribution is 7.17. The van der Waals surface area contributed by atoms with E-state index in [1.807, 2.05) is 12.1 Å². The summed E-state index contributed by atoms with van der Waals surface area (Å²) in [6.45, 7) is 0.0573. The lowest BCUT2D eigenvalue weighted by Gasteiger charge is -2.16. The van der Waals surface area contributed by atoms with Gasteiger partial charge in [-0.25, -0.2) is 4.98 Å². The van der Waals surface area contributed by atoms with Crippen LogP contribution in [0, 0.1) is 0 Å². The number of aromatic nitrogens is 1. The highest BCUT2D eigenvalue weighted by atomic mass is 35.5. The molecule has 1 aromatic heterocycles. The molecule has 3 rings (SSSR count). The fourth-order valence-corrected chi connectivity index (χ4v) is 4.10. The number of thiazole rings is 1. The molecule has 0 aliphatic heterocycles. The van der Waals surface area contributed by atoms with Gasteiger partial charge in [-0.3, -0.25) is 4.79 Å². The number of nitrogens with zero attached hydrogens (tertiary/aromatic N) is 1. The molecular weight excluding hydrogens is 468 g/mol. The minimum Gasteiger partial charge on any atom is -0.493 e. The van der Waals surface area contributed by atoms with Crippen molar-refractivity contribution < 1.29 is 28.8 Å². The maximum absolute atomic E-state index is 13.0. The predicted molar refractivity (Wildman–Crippen MR) is 128 cm³/mol. The molecule has 0 aliphatic carbocycles. The van der Waals surface area contributed by atoms with Gasteiger partial charge < -0.3 is 29.4 Å². The first kappa shape index (κ1) is 24.9. The molecule has 176 valence electrons. The van der Waals surface area contributed by atoms with E-state index in [1.54, 1.807) is 30.3 Å². The van der Waals surface area contributed by atoms with Crippen molar-refractivity contribution in [1.82, 2.24) is 4.98 Å². The SMILES string of the molecule is COc1cc(NC(=O)c2sc(-c3ccc(Cl)cc3)nc2CCO)ccc1OCC(OC)OC. The van der Waals surface area contributed by atoms with Crippen LogP contribution in [0.15, 0.2) is 42.5 Å². The Labute approximate surface area is 201 Å². The predicted octanol–water partition coefficient (Wildman–Crippen LogP) is 4.26. The van der Waals surface area contributed by atoms with E-state index < -0.39 is 6.29 Å². The monoisotopic (exact) mass is 492 g/mol. The number of nitrogens with one attached hydrogen (secondary N) is 1. The third-order valence-corrected chi connectivity index (χ3v) is 6.06. The molecule has 2 N–H and O–H groups in total. The summed E-state index contributed by atoms with van der Waals surface area (Å²) in [5, 5.41) is 13.6. The summed E-state index contributed by atoms with van der Waals surface area (Å²) in [5.74, 6) is 0.601. The first-order chi connectivity index (χ1) is 16.0. The quantitative estimate of drug-likeness (QED) is 0.386. The van der Waals surface area contributed by atoms with Crippen LogP contribution in [0.3, 0.4) is 0 Å². The molecule has 2 aromatic carbocycles. The molecule has 0 saturated carbocycles. The van der Waals surface area contributed by atoms with Gasteiger partial charge in [0.25, 0.3) is 5.91 Å². The van der Waals surface area contributed by atoms with E-state index in [0.717, 1.165) is 5.56 Å². The zero-order valence-electron chi connectivity index (χ0n) is 18.5. The zero-order valence-corrected chi connectivity index (χ0v) is 20.0. The van der Waals surface area contributed by atoms with Crippen LogP contribution in [-0.4, -0.2) is 56.8 Å². The van der Waals surface area contributed by atoms with Crippen LogP contribution in [0.5, 0.6) is 11.5 Å². The van der Waals surface area contributed by atoms with Gasteiger partial charge in [0.1, 0.15) is 16.5 Å². The van der Waals surface area contributed by atoms with Gasteiger partial charge in [0.15, 0.2) is 17.8 Å². The van der Waals surface area contributed by atoms with Crippen LogP contribution < -0.4 is 14.8 Å². The average molecular weight is 493 g/mol. The van der Waals surface area contributed by atoms with E-state index >= 15 is 0 Å². The average Bonchev–Trinajstić information content (AvgIpc) is 3.25. The van der Waals surface area contributed by atoms with Crippen molar-refractivity contribution in [2.75, 3.05) is 39.9 Å². The van der Waals surface area contributed by atoms with Crippen molar-refractivity contribution in [1.29, 1.82) is 0 Å². The molecular formula is C23H25ClN2O6S. The highest BCUT2D eigenvalue weighted by Gasteiger charge is 2.20. The summed E-state index contributed by atoms with van der Waals surface area (Å²) in [7, 11) is 4.56. The van der Waals surface area contributed by atoms with Crippen LogP contribution in [0.25, 0.3) is 10.6 Å². The Balaban J connectivity index is 1.79. The lowest BCUT2D eigenvalue weighted by molar-refractivity contribution is -0.122. The normalized spacial score (nSPS) is 11.0. The molecule has 0 bridgehead atoms. The standard InChI is InChI=1S/C23H25ClN2O6S/c1-29-19-12-16(8-9-18(19)32-13-20(30-2)31-3)25-22(28)21-17(10-11-27)26-23(33-21)14-4-6-15(24)7-5-14/h4-9,12,20,27H,10-11,13H2,1-3H3,(H,25,28). The molecule has 1 amide bonds. The molecule has 0 unspecified atom stereocenters. The van der Waals surface area contributed by atoms with Crippen molar-refractivity contribution in [2.45, 2.75) is 12.7 Å². The van der Waals surface area contributed by atoms with Crippen LogP contribution >= 0.6 is 22.9 Å². The molecule has 1 heterocycles. The lowest BCUT2D eigenvalue weighted by Crippen LogP contribution is -2.22. The third-order valence-electron chi connectivity index (χ3n) is 4.67. The number of methoxy groups -OCH3 is 3. The topological polar surface area (TPSA) is 99.1 Å². The van der Waals surface area contributed by atoms with Gasteiger partial charge in [0, 0.05) is 49.6 Å². The fourth-order valence-electron chi connectivity index (χ4n) is 2.96. The minimum atomic E-state index is -0.514. The Morgan fingerprint density at radius 2 is 1.85 bits per heavy atom. The number of amides is 1. The zero-order chi connectivity index (χ0) is 23.8. The van der Waals surface area contributed by atoms with Gasteiger partial charge in [-0.15, -0.1) is 11.3 Å². The Morgan fingerprint density at radius 1 is 1.12 bits per heavy atom. The first-order valence-electron chi connectivity index (χ1n) is 10.0. The molecule has 0 fully saturated rings. The van der Waals surface area contributed by atoms with E-state index in [2.05, 4.69) is 10.3 Å². The second kappa shape index (κ2) is 12.0. The summed E-state index contributed by atoms with van der Waals surface area (Å²) in [6, 6.07) is 12.3. The summed E-state index contributed by atoms with van der Waals surface area (Å²) in [4.78, 5) is 18.0. The molecule has 0 saturated heterocycles. The number of carbonyl (C=O) groups is 1. The lowest BCUT2D eigenvalue weighted by atomic mass is 10.2. The molecule has 33 heavy (non-hydrogen) atoms. The molecule has 10 heteroatoms. The highest BCUT2D eigenvalue weighted by Crippen LogP contribution is 2.33. The van der Waals surface area contributed by atoms with E-state index in [0.29, 0.717) is 37.8 Å². The number of halogens is 1. The number of aliphatic hydroxyl groups excluding tert-OH is 1. The van der Waals surface area contributed by atoms with Gasteiger partial charge in [0.05, 0.1) is 12.8 Å². The first-order valence-corrected chi connectivity index (χ1v) is 11.2. The molecule has 0 aliphatic rings. The molecule has 3 aromatic rings. The Hall–Kier alpha value is -2.69. The number of carbonyl (C=O) groups excluding carboxylic acids is 1. The number of anilines is 1. The largest absolute Gasteiger partial charge is 0.493 e. The smallest absolute Gasteiger partial charge is 0.267 e. The van der Waals surface area contributed by atoms with Gasteiger partial charge >= 0.3 is 0 Å². The Kier molecular flexibility index (Phi) is 9.04. The van der Waals surface area contributed by atoms with Crippen molar-refractivity contribution in [3.63, 3.8) is 0 Å². The fraction of sp³-hybridized carbons (Fsp3) is 0.304. The number of aliphatic hydroxyl groups is 1. The molecule has 0 spiro atoms. The van der Waals surface area contributed by atoms with Crippen LogP contribution in [0.1, 0.15) is 15.4 Å². The summed E-state index contributed by atoms with van der Waals surface area (Å²) < 4.78 is 21.3. The van der Waals surface area contributed by atoms with E-state index in [4.69, 9.17) is 30.5 Å². The number of rotatable bonds is 11.